The van der Waals surface area contributed by atoms with Gasteiger partial charge in [0.15, 0.2) is 0 Å². The summed E-state index contributed by atoms with van der Waals surface area (Å²) in [7, 11) is 0. The van der Waals surface area contributed by atoms with Crippen LogP contribution < -0.4 is 10.7 Å². The number of halogens is 7. The van der Waals surface area contributed by atoms with Crippen molar-refractivity contribution >= 4 is 38.4 Å². The first-order chi connectivity index (χ1) is 14.8. The third-order valence-corrected chi connectivity index (χ3v) is 5.71. The largest absolute Gasteiger partial charge is 0.416 e. The van der Waals surface area contributed by atoms with Gasteiger partial charge in [-0.2, -0.15) is 26.3 Å². The van der Waals surface area contributed by atoms with Crippen LogP contribution in [0.1, 0.15) is 40.0 Å². The van der Waals surface area contributed by atoms with Crippen LogP contribution in [0.5, 0.6) is 0 Å². The van der Waals surface area contributed by atoms with Crippen molar-refractivity contribution in [2.75, 3.05) is 5.32 Å². The summed E-state index contributed by atoms with van der Waals surface area (Å²) >= 11 is 3.31. The molecule has 2 aromatic carbocycles. The predicted molar refractivity (Wildman–Crippen MR) is 109 cm³/mol. The average molecular weight is 519 g/mol. The van der Waals surface area contributed by atoms with Gasteiger partial charge in [-0.1, -0.05) is 15.9 Å². The van der Waals surface area contributed by atoms with Crippen LogP contribution >= 0.6 is 15.9 Å². The van der Waals surface area contributed by atoms with Crippen LogP contribution in [0.3, 0.4) is 0 Å². The predicted octanol–water partition coefficient (Wildman–Crippen LogP) is 6.17. The summed E-state index contributed by atoms with van der Waals surface area (Å²) in [5.74, 6) is -1.10. The Morgan fingerprint density at radius 2 is 1.62 bits per heavy atom. The van der Waals surface area contributed by atoms with Gasteiger partial charge in [-0.15, -0.1) is 0 Å². The van der Waals surface area contributed by atoms with E-state index in [0.717, 1.165) is 5.56 Å². The fraction of sp³-hybridized carbons (Fsp3) is 0.238. The summed E-state index contributed by atoms with van der Waals surface area (Å²) in [6.45, 7) is 1.86. The summed E-state index contributed by atoms with van der Waals surface area (Å²) in [6, 6.07) is 4.02. The molecule has 0 aliphatic carbocycles. The fourth-order valence-electron chi connectivity index (χ4n) is 3.85. The first kappa shape index (κ1) is 22.4. The van der Waals surface area contributed by atoms with Gasteiger partial charge in [-0.25, -0.2) is 0 Å². The molecule has 4 nitrogen and oxygen atoms in total. The van der Waals surface area contributed by atoms with Crippen LogP contribution in [-0.4, -0.2) is 10.5 Å². The van der Waals surface area contributed by atoms with Crippen molar-refractivity contribution in [3.8, 4) is 0 Å². The van der Waals surface area contributed by atoms with E-state index >= 15 is 0 Å². The lowest BCUT2D eigenvalue weighted by atomic mass is 10.1. The number of nitrogens with one attached hydrogen (secondary N) is 1. The smallest absolute Gasteiger partial charge is 0.343 e. The van der Waals surface area contributed by atoms with E-state index in [9.17, 15) is 35.9 Å². The molecule has 0 fully saturated rings. The summed E-state index contributed by atoms with van der Waals surface area (Å²) in [6.07, 6.45) is -8.24. The van der Waals surface area contributed by atoms with Crippen LogP contribution in [-0.2, 0) is 18.8 Å². The molecule has 3 aromatic rings. The van der Waals surface area contributed by atoms with Gasteiger partial charge in [0.25, 0.3) is 5.91 Å². The van der Waals surface area contributed by atoms with Crippen LogP contribution in [0.25, 0.3) is 10.9 Å². The molecule has 0 saturated carbocycles. The molecule has 0 saturated heterocycles. The van der Waals surface area contributed by atoms with Gasteiger partial charge in [-0.3, -0.25) is 9.59 Å². The Bertz CT molecular complexity index is 1290. The summed E-state index contributed by atoms with van der Waals surface area (Å²) in [5.41, 5.74) is -3.40. The zero-order valence-corrected chi connectivity index (χ0v) is 17.7. The van der Waals surface area contributed by atoms with Crippen molar-refractivity contribution < 1.29 is 31.1 Å². The Kier molecular flexibility index (Phi) is 5.15. The van der Waals surface area contributed by atoms with E-state index in [1.165, 1.54) is 12.3 Å². The van der Waals surface area contributed by atoms with Crippen molar-refractivity contribution in [1.29, 1.82) is 0 Å². The number of hydrogen-bond acceptors (Lipinski definition) is 2. The molecular weight excluding hydrogens is 506 g/mol. The zero-order valence-electron chi connectivity index (χ0n) is 16.2. The first-order valence-electron chi connectivity index (χ1n) is 9.24. The van der Waals surface area contributed by atoms with E-state index in [-0.39, 0.29) is 23.1 Å². The molecule has 1 aliphatic heterocycles. The topological polar surface area (TPSA) is 51.1 Å². The second kappa shape index (κ2) is 7.36. The molecule has 32 heavy (non-hydrogen) atoms. The Balaban J connectivity index is 1.81. The average Bonchev–Trinajstić information content (AvgIpc) is 2.97. The lowest BCUT2D eigenvalue weighted by Gasteiger charge is -2.16. The number of anilines is 1. The molecule has 1 N–H and O–H groups in total. The molecule has 2 heterocycles. The maximum Gasteiger partial charge on any atom is 0.416 e. The van der Waals surface area contributed by atoms with Gasteiger partial charge in [0.05, 0.1) is 16.6 Å². The van der Waals surface area contributed by atoms with Gasteiger partial charge >= 0.3 is 12.4 Å². The fourth-order valence-corrected chi connectivity index (χ4v) is 4.35. The van der Waals surface area contributed by atoms with Crippen molar-refractivity contribution in [2.45, 2.75) is 31.7 Å². The Morgan fingerprint density at radius 3 is 2.19 bits per heavy atom. The number of rotatable bonds is 2. The maximum absolute atomic E-state index is 13.1. The number of hydrogen-bond donors (Lipinski definition) is 1. The molecule has 4 rings (SSSR count). The molecule has 1 amide bonds. The van der Waals surface area contributed by atoms with Crippen LogP contribution in [0.4, 0.5) is 32.0 Å². The van der Waals surface area contributed by atoms with Gasteiger partial charge in [-0.05, 0) is 49.2 Å². The molecule has 0 radical (unpaired) electrons. The number of alkyl halides is 6. The summed E-state index contributed by atoms with van der Waals surface area (Å²) in [5, 5.41) is 2.25. The number of nitrogens with zero attached hydrogens (tertiary/aromatic N) is 1. The summed E-state index contributed by atoms with van der Waals surface area (Å²) in [4.78, 5) is 25.7. The second-order valence-electron chi connectivity index (χ2n) is 7.54. The SMILES string of the molecule is C[C@H]1Cc2cc(Br)cc3c(=O)c(C(=O)Nc4cc(C(F)(F)F)cc(C(F)(F)F)c4)cn1c23. The van der Waals surface area contributed by atoms with Crippen molar-refractivity contribution in [1.82, 2.24) is 4.57 Å². The van der Waals surface area contributed by atoms with Crippen LogP contribution in [0, 0.1) is 0 Å². The molecule has 1 atom stereocenters. The van der Waals surface area contributed by atoms with Crippen molar-refractivity contribution in [3.63, 3.8) is 0 Å². The number of carbonyl (C=O) groups is 1. The zero-order chi connectivity index (χ0) is 23.6. The lowest BCUT2D eigenvalue weighted by molar-refractivity contribution is -0.143. The number of carbonyl (C=O) groups excluding carboxylic acids is 1. The number of amides is 1. The number of benzene rings is 2. The van der Waals surface area contributed by atoms with Gasteiger partial charge in [0, 0.05) is 27.8 Å². The Morgan fingerprint density at radius 1 is 1.03 bits per heavy atom. The first-order valence-corrected chi connectivity index (χ1v) is 10.0. The van der Waals surface area contributed by atoms with Crippen LogP contribution in [0.2, 0.25) is 0 Å². The molecular formula is C21H13BrF6N2O2. The van der Waals surface area contributed by atoms with E-state index in [1.807, 2.05) is 18.3 Å². The van der Waals surface area contributed by atoms with Gasteiger partial charge in [0.1, 0.15) is 5.56 Å². The molecule has 1 aliphatic rings. The minimum Gasteiger partial charge on any atom is -0.343 e. The molecule has 0 bridgehead atoms. The maximum atomic E-state index is 13.1. The summed E-state index contributed by atoms with van der Waals surface area (Å²) < 4.78 is 80.8. The second-order valence-corrected chi connectivity index (χ2v) is 8.46. The highest BCUT2D eigenvalue weighted by atomic mass is 79.9. The van der Waals surface area contributed by atoms with Crippen molar-refractivity contribution in [3.05, 3.63) is 73.5 Å². The van der Waals surface area contributed by atoms with Gasteiger partial charge < -0.3 is 9.88 Å². The van der Waals surface area contributed by atoms with E-state index in [2.05, 4.69) is 15.9 Å². The minimum absolute atomic E-state index is 0.0398. The van der Waals surface area contributed by atoms with E-state index in [0.29, 0.717) is 28.5 Å². The number of aromatic nitrogens is 1. The Labute approximate surface area is 185 Å². The number of pyridine rings is 1. The highest BCUT2D eigenvalue weighted by Crippen LogP contribution is 2.38. The highest BCUT2D eigenvalue weighted by molar-refractivity contribution is 9.10. The van der Waals surface area contributed by atoms with E-state index < -0.39 is 40.5 Å². The molecule has 0 spiro atoms. The van der Waals surface area contributed by atoms with E-state index in [1.54, 1.807) is 4.57 Å². The third-order valence-electron chi connectivity index (χ3n) is 5.25. The normalized spacial score (nSPS) is 15.9. The quantitative estimate of drug-likeness (QED) is 0.412. The highest BCUT2D eigenvalue weighted by Gasteiger charge is 2.37. The van der Waals surface area contributed by atoms with Crippen LogP contribution in [0.15, 0.2) is 45.8 Å². The molecule has 11 heteroatoms. The monoisotopic (exact) mass is 518 g/mol. The van der Waals surface area contributed by atoms with Gasteiger partial charge in [0.2, 0.25) is 5.43 Å². The molecule has 0 unspecified atom stereocenters. The van der Waals surface area contributed by atoms with E-state index in [4.69, 9.17) is 0 Å². The minimum atomic E-state index is -5.06. The lowest BCUT2D eigenvalue weighted by Crippen LogP contribution is -2.24. The van der Waals surface area contributed by atoms with Crippen molar-refractivity contribution in [2.24, 2.45) is 0 Å². The Hall–Kier alpha value is -2.82. The molecule has 1 aromatic heterocycles. The third kappa shape index (κ3) is 3.89. The standard InChI is InChI=1S/C21H13BrF6N2O2/c1-9-2-10-3-13(22)7-15-17(10)30(9)8-16(18(15)31)19(32)29-14-5-11(20(23,24)25)4-12(6-14)21(26,27)28/h3-9H,2H2,1H3,(H,29,32)/t9-/m0/s1. The molecule has 168 valence electrons.